The van der Waals surface area contributed by atoms with Gasteiger partial charge in [0.2, 0.25) is 0 Å². The molecule has 2 heterocycles. The summed E-state index contributed by atoms with van der Waals surface area (Å²) in [6, 6.07) is 13.6. The Balaban J connectivity index is 1.61. The Kier molecular flexibility index (Phi) is 8.55. The van der Waals surface area contributed by atoms with E-state index in [1.165, 1.54) is 10.9 Å². The number of rotatable bonds is 11. The molecule has 0 spiro atoms. The van der Waals surface area contributed by atoms with Gasteiger partial charge < -0.3 is 24.6 Å². The first-order valence-electron chi connectivity index (χ1n) is 12.4. The minimum absolute atomic E-state index is 0.165. The summed E-state index contributed by atoms with van der Waals surface area (Å²) in [7, 11) is 2.07. The predicted octanol–water partition coefficient (Wildman–Crippen LogP) is 4.17. The van der Waals surface area contributed by atoms with Gasteiger partial charge in [-0.2, -0.15) is 0 Å². The second kappa shape index (κ2) is 11.8. The van der Waals surface area contributed by atoms with Crippen LogP contribution in [0.3, 0.4) is 0 Å². The molecule has 2 aromatic carbocycles. The van der Waals surface area contributed by atoms with E-state index in [9.17, 15) is 9.90 Å². The van der Waals surface area contributed by atoms with E-state index in [1.54, 1.807) is 11.9 Å². The third kappa shape index (κ3) is 5.92. The van der Waals surface area contributed by atoms with Crippen LogP contribution >= 0.6 is 11.9 Å². The Morgan fingerprint density at radius 1 is 1.29 bits per heavy atom. The minimum atomic E-state index is -0.724. The number of nitrogens with zero attached hydrogens (tertiary/aromatic N) is 2. The van der Waals surface area contributed by atoms with Gasteiger partial charge in [0.1, 0.15) is 0 Å². The molecule has 1 amide bonds. The molecule has 1 aliphatic rings. The number of aromatic nitrogens is 1. The number of aliphatic hydroxyl groups is 1. The van der Waals surface area contributed by atoms with Crippen molar-refractivity contribution in [3.63, 3.8) is 0 Å². The Hall–Kier alpha value is -2.74. The van der Waals surface area contributed by atoms with Gasteiger partial charge in [0.15, 0.2) is 0 Å². The van der Waals surface area contributed by atoms with Gasteiger partial charge >= 0.3 is 0 Å². The van der Waals surface area contributed by atoms with Crippen molar-refractivity contribution in [3.05, 3.63) is 78.0 Å². The van der Waals surface area contributed by atoms with Crippen molar-refractivity contribution in [2.45, 2.75) is 44.9 Å². The van der Waals surface area contributed by atoms with E-state index in [1.807, 2.05) is 48.5 Å². The molecule has 6 nitrogen and oxygen atoms in total. The lowest BCUT2D eigenvalue weighted by atomic mass is 10.00. The molecule has 1 aromatic heterocycles. The molecule has 0 unspecified atom stereocenters. The van der Waals surface area contributed by atoms with Gasteiger partial charge in [-0.3, -0.25) is 4.79 Å². The van der Waals surface area contributed by atoms with Crippen molar-refractivity contribution in [1.29, 1.82) is 0 Å². The smallest absolute Gasteiger partial charge is 0.251 e. The standard InChI is InChI=1S/C28H36N4O2S/c1-4-6-13-29-18-26(33)23(15-20-10-8-7-9-11-20)30-28(34)22-16-24-27-21(12-14-35-31(24)3)19-32(5-2)25(27)17-22/h4,7-11,16-17,19,23,26,29,33H,1,5-6,12-15,18H2,2-3H3,(H,30,34)/t23-,26+/m0/s1. The first-order valence-corrected chi connectivity index (χ1v) is 13.3. The highest BCUT2D eigenvalue weighted by Gasteiger charge is 2.25. The molecule has 2 atom stereocenters. The number of nitrogens with one attached hydrogen (secondary N) is 2. The highest BCUT2D eigenvalue weighted by molar-refractivity contribution is 8.00. The Labute approximate surface area is 212 Å². The first kappa shape index (κ1) is 25.4. The van der Waals surface area contributed by atoms with Crippen LogP contribution in [0.4, 0.5) is 5.69 Å². The molecule has 0 saturated heterocycles. The minimum Gasteiger partial charge on any atom is -0.390 e. The zero-order valence-corrected chi connectivity index (χ0v) is 21.5. The first-order chi connectivity index (χ1) is 17.0. The summed E-state index contributed by atoms with van der Waals surface area (Å²) in [6.07, 6.45) is 5.75. The topological polar surface area (TPSA) is 69.5 Å². The van der Waals surface area contributed by atoms with E-state index in [4.69, 9.17) is 0 Å². The average molecular weight is 493 g/mol. The van der Waals surface area contributed by atoms with Crippen molar-refractivity contribution in [2.24, 2.45) is 0 Å². The molecule has 186 valence electrons. The molecule has 3 aromatic rings. The molecule has 0 saturated carbocycles. The van der Waals surface area contributed by atoms with Gasteiger partial charge in [0.25, 0.3) is 5.91 Å². The van der Waals surface area contributed by atoms with E-state index < -0.39 is 12.1 Å². The molecule has 0 fully saturated rings. The van der Waals surface area contributed by atoms with Gasteiger partial charge in [0, 0.05) is 43.0 Å². The fourth-order valence-electron chi connectivity index (χ4n) is 4.68. The quantitative estimate of drug-likeness (QED) is 0.213. The molecule has 0 radical (unpaired) electrons. The molecule has 0 bridgehead atoms. The van der Waals surface area contributed by atoms with Gasteiger partial charge in [-0.05, 0) is 67.9 Å². The number of anilines is 1. The summed E-state index contributed by atoms with van der Waals surface area (Å²) >= 11 is 1.78. The molecule has 4 rings (SSSR count). The Morgan fingerprint density at radius 3 is 2.83 bits per heavy atom. The van der Waals surface area contributed by atoms with Gasteiger partial charge in [-0.1, -0.05) is 36.4 Å². The van der Waals surface area contributed by atoms with Crippen LogP contribution in [0.25, 0.3) is 10.9 Å². The number of aliphatic hydroxyl groups excluding tert-OH is 1. The van der Waals surface area contributed by atoms with Crippen LogP contribution in [0, 0.1) is 0 Å². The molecular formula is C28H36N4O2S. The second-order valence-corrected chi connectivity index (χ2v) is 10.2. The summed E-state index contributed by atoms with van der Waals surface area (Å²) in [5.74, 6) is 0.849. The van der Waals surface area contributed by atoms with Crippen LogP contribution in [0.2, 0.25) is 0 Å². The SMILES string of the molecule is C=CCCNC[C@@H](O)[C@H](Cc1ccccc1)NC(=O)c1cc2c3c(cn(CC)c3c1)CCSN2C. The van der Waals surface area contributed by atoms with Gasteiger partial charge in [-0.25, -0.2) is 0 Å². The average Bonchev–Trinajstić information content (AvgIpc) is 3.15. The molecule has 7 heteroatoms. The van der Waals surface area contributed by atoms with Crippen LogP contribution < -0.4 is 14.9 Å². The number of hydrogen-bond donors (Lipinski definition) is 3. The van der Waals surface area contributed by atoms with E-state index in [0.717, 1.165) is 48.5 Å². The van der Waals surface area contributed by atoms with E-state index in [-0.39, 0.29) is 5.91 Å². The van der Waals surface area contributed by atoms with Crippen molar-refractivity contribution < 1.29 is 9.90 Å². The normalized spacial score (nSPS) is 15.0. The molecular weight excluding hydrogens is 456 g/mol. The molecule has 1 aliphatic heterocycles. The zero-order chi connectivity index (χ0) is 24.8. The lowest BCUT2D eigenvalue weighted by Crippen LogP contribution is -2.48. The highest BCUT2D eigenvalue weighted by Crippen LogP contribution is 2.38. The third-order valence-electron chi connectivity index (χ3n) is 6.60. The predicted molar refractivity (Wildman–Crippen MR) is 147 cm³/mol. The zero-order valence-electron chi connectivity index (χ0n) is 20.7. The maximum Gasteiger partial charge on any atom is 0.251 e. The number of carbonyl (C=O) groups is 1. The van der Waals surface area contributed by atoms with Crippen LogP contribution in [-0.4, -0.2) is 53.6 Å². The van der Waals surface area contributed by atoms with Crippen molar-refractivity contribution in [2.75, 3.05) is 30.2 Å². The summed E-state index contributed by atoms with van der Waals surface area (Å²) in [5, 5.41) is 18.6. The van der Waals surface area contributed by atoms with Crippen LogP contribution in [-0.2, 0) is 19.4 Å². The number of amides is 1. The fourth-order valence-corrected chi connectivity index (χ4v) is 5.55. The Morgan fingerprint density at radius 2 is 2.09 bits per heavy atom. The van der Waals surface area contributed by atoms with Crippen LogP contribution in [0.1, 0.15) is 34.8 Å². The van der Waals surface area contributed by atoms with E-state index in [2.05, 4.69) is 46.3 Å². The molecule has 0 aliphatic carbocycles. The van der Waals surface area contributed by atoms with Crippen molar-refractivity contribution in [3.8, 4) is 0 Å². The fraction of sp³-hybridized carbons (Fsp3) is 0.393. The van der Waals surface area contributed by atoms with Crippen LogP contribution in [0.5, 0.6) is 0 Å². The van der Waals surface area contributed by atoms with Crippen molar-refractivity contribution in [1.82, 2.24) is 15.2 Å². The number of carbonyl (C=O) groups excluding carboxylic acids is 1. The van der Waals surface area contributed by atoms with Gasteiger partial charge in [-0.15, -0.1) is 6.58 Å². The van der Waals surface area contributed by atoms with Crippen molar-refractivity contribution >= 4 is 34.4 Å². The number of aryl methyl sites for hydroxylation is 2. The lowest BCUT2D eigenvalue weighted by molar-refractivity contribution is 0.0831. The largest absolute Gasteiger partial charge is 0.390 e. The van der Waals surface area contributed by atoms with E-state index in [0.29, 0.717) is 18.5 Å². The maximum absolute atomic E-state index is 13.6. The van der Waals surface area contributed by atoms with Gasteiger partial charge in [0.05, 0.1) is 23.3 Å². The number of benzene rings is 2. The van der Waals surface area contributed by atoms with Crippen LogP contribution in [0.15, 0.2) is 61.3 Å². The maximum atomic E-state index is 13.6. The summed E-state index contributed by atoms with van der Waals surface area (Å²) in [6.45, 7) is 7.86. The molecule has 35 heavy (non-hydrogen) atoms. The summed E-state index contributed by atoms with van der Waals surface area (Å²) < 4.78 is 4.41. The van der Waals surface area contributed by atoms with E-state index >= 15 is 0 Å². The third-order valence-corrected chi connectivity index (χ3v) is 7.57. The number of hydrogen-bond acceptors (Lipinski definition) is 5. The Bertz CT molecular complexity index is 1160. The second-order valence-electron chi connectivity index (χ2n) is 9.03. The summed E-state index contributed by atoms with van der Waals surface area (Å²) in [4.78, 5) is 13.6. The molecule has 3 N–H and O–H groups in total. The highest BCUT2D eigenvalue weighted by atomic mass is 32.2. The summed E-state index contributed by atoms with van der Waals surface area (Å²) in [5.41, 5.74) is 5.19. The monoisotopic (exact) mass is 492 g/mol. The lowest BCUT2D eigenvalue weighted by Gasteiger charge is -2.25.